The minimum absolute atomic E-state index is 0.0530. The van der Waals surface area contributed by atoms with E-state index in [9.17, 15) is 9.59 Å². The van der Waals surface area contributed by atoms with Crippen molar-refractivity contribution in [1.29, 1.82) is 0 Å². The summed E-state index contributed by atoms with van der Waals surface area (Å²) in [6, 6.07) is 6.57. The first-order valence-corrected chi connectivity index (χ1v) is 9.56. The van der Waals surface area contributed by atoms with Crippen LogP contribution in [-0.2, 0) is 14.3 Å². The number of aliphatic imine (C=N–C) groups is 1. The van der Waals surface area contributed by atoms with Crippen LogP contribution in [0, 0.1) is 0 Å². The van der Waals surface area contributed by atoms with E-state index in [0.29, 0.717) is 27.9 Å². The zero-order valence-corrected chi connectivity index (χ0v) is 16.1. The molecule has 136 valence electrons. The van der Waals surface area contributed by atoms with Crippen molar-refractivity contribution < 1.29 is 14.3 Å². The number of rotatable bonds is 5. The lowest BCUT2D eigenvalue weighted by atomic mass is 9.94. The number of esters is 1. The van der Waals surface area contributed by atoms with E-state index in [-0.39, 0.29) is 17.8 Å². The van der Waals surface area contributed by atoms with Gasteiger partial charge in [-0.3, -0.25) is 9.69 Å². The Labute approximate surface area is 161 Å². The second kappa shape index (κ2) is 7.68. The summed E-state index contributed by atoms with van der Waals surface area (Å²) in [5.74, 6) is -0.560. The Morgan fingerprint density at radius 1 is 1.50 bits per heavy atom. The molecule has 1 aromatic rings. The molecule has 0 bridgehead atoms. The lowest BCUT2D eigenvalue weighted by molar-refractivity contribution is -0.139. The number of halogens is 1. The van der Waals surface area contributed by atoms with Crippen molar-refractivity contribution in [3.8, 4) is 0 Å². The minimum atomic E-state index is -0.602. The summed E-state index contributed by atoms with van der Waals surface area (Å²) in [5.41, 5.74) is 1.65. The van der Waals surface area contributed by atoms with Crippen LogP contribution in [0.4, 0.5) is 0 Å². The van der Waals surface area contributed by atoms with Crippen molar-refractivity contribution in [2.45, 2.75) is 31.6 Å². The molecule has 1 fully saturated rings. The largest absolute Gasteiger partial charge is 0.458 e. The van der Waals surface area contributed by atoms with Crippen LogP contribution in [0.25, 0.3) is 0 Å². The van der Waals surface area contributed by atoms with E-state index in [1.807, 2.05) is 13.0 Å². The van der Waals surface area contributed by atoms with Crippen molar-refractivity contribution in [1.82, 2.24) is 4.90 Å². The number of ether oxygens (including phenoxy) is 1. The molecule has 2 heterocycles. The quantitative estimate of drug-likeness (QED) is 0.560. The maximum Gasteiger partial charge on any atom is 0.338 e. The molecule has 26 heavy (non-hydrogen) atoms. The van der Waals surface area contributed by atoms with Crippen LogP contribution in [0.2, 0.25) is 5.02 Å². The first-order valence-electron chi connectivity index (χ1n) is 8.30. The third-order valence-corrected chi connectivity index (χ3v) is 5.79. The number of thioether (sulfide) groups is 1. The van der Waals surface area contributed by atoms with E-state index >= 15 is 0 Å². The summed E-state index contributed by atoms with van der Waals surface area (Å²) in [4.78, 5) is 31.7. The molecule has 0 saturated carbocycles. The number of amidine groups is 1. The number of carbonyl (C=O) groups is 2. The van der Waals surface area contributed by atoms with E-state index in [1.165, 1.54) is 17.8 Å². The van der Waals surface area contributed by atoms with Gasteiger partial charge in [0.1, 0.15) is 6.61 Å². The molecule has 2 aliphatic heterocycles. The molecule has 5 nitrogen and oxygen atoms in total. The molecule has 0 aromatic heterocycles. The summed E-state index contributed by atoms with van der Waals surface area (Å²) in [6.45, 7) is 7.38. The highest BCUT2D eigenvalue weighted by Crippen LogP contribution is 2.44. The Morgan fingerprint density at radius 2 is 2.27 bits per heavy atom. The van der Waals surface area contributed by atoms with E-state index in [1.54, 1.807) is 30.0 Å². The molecule has 7 heteroatoms. The van der Waals surface area contributed by atoms with E-state index in [2.05, 4.69) is 11.6 Å². The van der Waals surface area contributed by atoms with Gasteiger partial charge in [-0.05, 0) is 31.0 Å². The first kappa shape index (κ1) is 18.7. The van der Waals surface area contributed by atoms with Crippen LogP contribution >= 0.6 is 23.4 Å². The van der Waals surface area contributed by atoms with E-state index < -0.39 is 12.0 Å². The fraction of sp³-hybridized carbons (Fsp3) is 0.316. The standard InChI is InChI=1S/C19H19ClN2O3S/c1-4-9-25-18(24)15-11(3)21-19-22(17(23)14(5-2)26-19)16(15)12-7-6-8-13(20)10-12/h4,6-8,10,14,16H,1,5,9H2,2-3H3/t14-,16+/m1/s1. The van der Waals surface area contributed by atoms with Gasteiger partial charge >= 0.3 is 5.97 Å². The third kappa shape index (κ3) is 3.31. The third-order valence-electron chi connectivity index (χ3n) is 4.24. The number of fused-ring (bicyclic) bond motifs is 1. The number of hydrogen-bond acceptors (Lipinski definition) is 5. The van der Waals surface area contributed by atoms with Crippen LogP contribution in [0.3, 0.4) is 0 Å². The Kier molecular flexibility index (Phi) is 5.53. The fourth-order valence-electron chi connectivity index (χ4n) is 3.05. The van der Waals surface area contributed by atoms with Gasteiger partial charge in [-0.2, -0.15) is 0 Å². The predicted molar refractivity (Wildman–Crippen MR) is 104 cm³/mol. The highest BCUT2D eigenvalue weighted by Gasteiger charge is 2.47. The smallest absolute Gasteiger partial charge is 0.338 e. The fourth-order valence-corrected chi connectivity index (χ4v) is 4.39. The van der Waals surface area contributed by atoms with Gasteiger partial charge in [-0.1, -0.05) is 55.1 Å². The molecule has 0 radical (unpaired) electrons. The van der Waals surface area contributed by atoms with Gasteiger partial charge in [0.25, 0.3) is 0 Å². The van der Waals surface area contributed by atoms with Gasteiger partial charge in [0.2, 0.25) is 5.91 Å². The molecule has 0 unspecified atom stereocenters. The Balaban J connectivity index is 2.12. The summed E-state index contributed by atoms with van der Waals surface area (Å²) in [7, 11) is 0. The Bertz CT molecular complexity index is 834. The predicted octanol–water partition coefficient (Wildman–Crippen LogP) is 4.11. The second-order valence-corrected chi connectivity index (χ2v) is 7.57. The van der Waals surface area contributed by atoms with Crippen molar-refractivity contribution in [3.63, 3.8) is 0 Å². The van der Waals surface area contributed by atoms with Crippen LogP contribution in [0.5, 0.6) is 0 Å². The molecule has 3 rings (SSSR count). The van der Waals surface area contributed by atoms with Crippen LogP contribution in [0.15, 0.2) is 53.2 Å². The first-order chi connectivity index (χ1) is 12.5. The van der Waals surface area contributed by atoms with Crippen molar-refractivity contribution in [2.75, 3.05) is 6.61 Å². The number of hydrogen-bond donors (Lipinski definition) is 0. The molecule has 0 N–H and O–H groups in total. The Hall–Kier alpha value is -2.05. The summed E-state index contributed by atoms with van der Waals surface area (Å²) < 4.78 is 5.26. The van der Waals surface area contributed by atoms with Gasteiger partial charge in [-0.25, -0.2) is 9.79 Å². The number of benzene rings is 1. The van der Waals surface area contributed by atoms with Crippen LogP contribution in [-0.4, -0.2) is 33.8 Å². The molecule has 0 aliphatic carbocycles. The van der Waals surface area contributed by atoms with Crippen LogP contribution < -0.4 is 0 Å². The van der Waals surface area contributed by atoms with Gasteiger partial charge in [-0.15, -0.1) is 0 Å². The average Bonchev–Trinajstić information content (AvgIpc) is 2.93. The highest BCUT2D eigenvalue weighted by molar-refractivity contribution is 8.15. The summed E-state index contributed by atoms with van der Waals surface area (Å²) in [5, 5.41) is 0.950. The number of allylic oxidation sites excluding steroid dienone is 1. The Morgan fingerprint density at radius 3 is 2.92 bits per heavy atom. The topological polar surface area (TPSA) is 59.0 Å². The second-order valence-electron chi connectivity index (χ2n) is 5.96. The van der Waals surface area contributed by atoms with Gasteiger partial charge in [0.05, 0.1) is 22.6 Å². The van der Waals surface area contributed by atoms with Gasteiger partial charge in [0.15, 0.2) is 5.17 Å². The molecule has 1 saturated heterocycles. The zero-order chi connectivity index (χ0) is 18.8. The molecule has 1 amide bonds. The SMILES string of the molecule is C=CCOC(=O)C1=C(C)N=C2S[C@H](CC)C(=O)N2[C@H]1c1cccc(Cl)c1. The number of amides is 1. The number of carbonyl (C=O) groups excluding carboxylic acids is 2. The van der Waals surface area contributed by atoms with Crippen molar-refractivity contribution in [3.05, 3.63) is 58.8 Å². The lowest BCUT2D eigenvalue weighted by Crippen LogP contribution is -2.40. The normalized spacial score (nSPS) is 22.2. The average molecular weight is 391 g/mol. The highest BCUT2D eigenvalue weighted by atomic mass is 35.5. The minimum Gasteiger partial charge on any atom is -0.458 e. The molecule has 2 atom stereocenters. The maximum absolute atomic E-state index is 12.9. The molecule has 2 aliphatic rings. The monoisotopic (exact) mass is 390 g/mol. The van der Waals surface area contributed by atoms with Gasteiger partial charge < -0.3 is 4.74 Å². The van der Waals surface area contributed by atoms with Gasteiger partial charge in [0, 0.05) is 5.02 Å². The molecular weight excluding hydrogens is 372 g/mol. The molecular formula is C19H19ClN2O3S. The summed E-state index contributed by atoms with van der Waals surface area (Å²) >= 11 is 7.59. The zero-order valence-electron chi connectivity index (χ0n) is 14.6. The van der Waals surface area contributed by atoms with Crippen molar-refractivity contribution >= 4 is 40.4 Å². The summed E-state index contributed by atoms with van der Waals surface area (Å²) in [6.07, 6.45) is 2.19. The van der Waals surface area contributed by atoms with Crippen LogP contribution in [0.1, 0.15) is 31.9 Å². The molecule has 0 spiro atoms. The number of nitrogens with zero attached hydrogens (tertiary/aromatic N) is 2. The van der Waals surface area contributed by atoms with E-state index in [4.69, 9.17) is 16.3 Å². The lowest BCUT2D eigenvalue weighted by Gasteiger charge is -2.33. The van der Waals surface area contributed by atoms with Crippen molar-refractivity contribution in [2.24, 2.45) is 4.99 Å². The van der Waals surface area contributed by atoms with E-state index in [0.717, 1.165) is 5.56 Å². The maximum atomic E-state index is 12.9. The molecule has 1 aromatic carbocycles.